The van der Waals surface area contributed by atoms with Crippen LogP contribution in [0, 0.1) is 5.92 Å². The molecule has 0 radical (unpaired) electrons. The second kappa shape index (κ2) is 10.8. The third-order valence-electron chi connectivity index (χ3n) is 7.17. The molecule has 1 saturated carbocycles. The van der Waals surface area contributed by atoms with E-state index in [-0.39, 0.29) is 11.8 Å². The summed E-state index contributed by atoms with van der Waals surface area (Å²) in [6, 6.07) is 22.2. The number of carboxylic acid groups (broad SMARTS) is 1. The molecule has 5 rings (SSSR count). The normalized spacial score (nSPS) is 14.3. The first-order chi connectivity index (χ1) is 18.0. The molecule has 0 saturated heterocycles. The summed E-state index contributed by atoms with van der Waals surface area (Å²) < 4.78 is 2.02. The van der Waals surface area contributed by atoms with Gasteiger partial charge in [-0.05, 0) is 65.4 Å². The van der Waals surface area contributed by atoms with Gasteiger partial charge in [-0.3, -0.25) is 4.79 Å². The van der Waals surface area contributed by atoms with E-state index in [4.69, 9.17) is 5.11 Å². The van der Waals surface area contributed by atoms with E-state index in [9.17, 15) is 9.59 Å². The highest BCUT2D eigenvalue weighted by molar-refractivity contribution is 5.95. The minimum atomic E-state index is -0.997. The fraction of sp³-hybridized carbons (Fsp3) is 0.258. The van der Waals surface area contributed by atoms with E-state index in [1.165, 1.54) is 6.42 Å². The highest BCUT2D eigenvalue weighted by Gasteiger charge is 2.27. The number of carbonyl (C=O) groups excluding carboxylic acids is 1. The van der Waals surface area contributed by atoms with Gasteiger partial charge in [0.05, 0.1) is 23.9 Å². The smallest absolute Gasteiger partial charge is 0.328 e. The SMILES string of the molecule is Cn1cnc2ccc(-c3ccc(CN(C(=O)C4CCCCC4)c4cccc(/C=C/C(=O)O)c4)cc3)cc21. The topological polar surface area (TPSA) is 75.4 Å². The Morgan fingerprint density at radius 2 is 1.76 bits per heavy atom. The molecule has 1 amide bonds. The molecule has 0 atom stereocenters. The Labute approximate surface area is 216 Å². The van der Waals surface area contributed by atoms with Crippen LogP contribution >= 0.6 is 0 Å². The van der Waals surface area contributed by atoms with E-state index >= 15 is 0 Å². The molecule has 1 aromatic heterocycles. The van der Waals surface area contributed by atoms with Crippen LogP contribution in [-0.2, 0) is 23.2 Å². The molecular weight excluding hydrogens is 462 g/mol. The van der Waals surface area contributed by atoms with Gasteiger partial charge in [0.2, 0.25) is 5.91 Å². The molecule has 0 aliphatic heterocycles. The summed E-state index contributed by atoms with van der Waals surface area (Å²) in [5, 5.41) is 9.01. The number of anilines is 1. The summed E-state index contributed by atoms with van der Waals surface area (Å²) in [6.45, 7) is 0.461. The molecule has 0 bridgehead atoms. The first-order valence-electron chi connectivity index (χ1n) is 12.8. The molecule has 37 heavy (non-hydrogen) atoms. The van der Waals surface area contributed by atoms with Gasteiger partial charge in [0, 0.05) is 24.7 Å². The van der Waals surface area contributed by atoms with Gasteiger partial charge in [-0.25, -0.2) is 9.78 Å². The maximum atomic E-state index is 13.7. The first-order valence-corrected chi connectivity index (χ1v) is 12.8. The monoisotopic (exact) mass is 493 g/mol. The quantitative estimate of drug-likeness (QED) is 0.300. The first kappa shape index (κ1) is 24.5. The van der Waals surface area contributed by atoms with Gasteiger partial charge >= 0.3 is 5.97 Å². The molecule has 1 N–H and O–H groups in total. The number of benzene rings is 3. The predicted octanol–water partition coefficient (Wildman–Crippen LogP) is 6.45. The largest absolute Gasteiger partial charge is 0.478 e. The van der Waals surface area contributed by atoms with Crippen molar-refractivity contribution in [2.75, 3.05) is 4.90 Å². The molecule has 188 valence electrons. The van der Waals surface area contributed by atoms with Gasteiger partial charge < -0.3 is 14.6 Å². The maximum Gasteiger partial charge on any atom is 0.328 e. The molecule has 4 aromatic rings. The Morgan fingerprint density at radius 1 is 1.00 bits per heavy atom. The van der Waals surface area contributed by atoms with Gasteiger partial charge in [-0.1, -0.05) is 61.7 Å². The van der Waals surface area contributed by atoms with Crippen molar-refractivity contribution in [1.82, 2.24) is 9.55 Å². The average molecular weight is 494 g/mol. The second-order valence-electron chi connectivity index (χ2n) is 9.78. The van der Waals surface area contributed by atoms with Crippen LogP contribution in [0.15, 0.2) is 79.1 Å². The number of aryl methyl sites for hydroxylation is 1. The summed E-state index contributed by atoms with van der Waals surface area (Å²) in [7, 11) is 1.99. The Kier molecular flexibility index (Phi) is 7.17. The number of rotatable bonds is 7. The fourth-order valence-electron chi connectivity index (χ4n) is 5.12. The molecule has 6 nitrogen and oxygen atoms in total. The minimum Gasteiger partial charge on any atom is -0.478 e. The summed E-state index contributed by atoms with van der Waals surface area (Å²) in [4.78, 5) is 31.0. The van der Waals surface area contributed by atoms with Crippen molar-refractivity contribution >= 4 is 34.7 Å². The van der Waals surface area contributed by atoms with E-state index < -0.39 is 5.97 Å². The predicted molar refractivity (Wildman–Crippen MR) is 147 cm³/mol. The lowest BCUT2D eigenvalue weighted by Gasteiger charge is -2.30. The lowest BCUT2D eigenvalue weighted by molar-refractivity contribution is -0.131. The van der Waals surface area contributed by atoms with E-state index in [2.05, 4.69) is 41.4 Å². The Hall–Kier alpha value is -4.19. The number of fused-ring (bicyclic) bond motifs is 1. The molecular formula is C31H31N3O3. The zero-order chi connectivity index (χ0) is 25.8. The van der Waals surface area contributed by atoms with Crippen LogP contribution in [0.5, 0.6) is 0 Å². The van der Waals surface area contributed by atoms with Crippen LogP contribution < -0.4 is 4.90 Å². The van der Waals surface area contributed by atoms with Crippen molar-refractivity contribution in [3.63, 3.8) is 0 Å². The van der Waals surface area contributed by atoms with Crippen molar-refractivity contribution in [2.24, 2.45) is 13.0 Å². The fourth-order valence-corrected chi connectivity index (χ4v) is 5.12. The lowest BCUT2D eigenvalue weighted by atomic mass is 9.88. The van der Waals surface area contributed by atoms with Crippen molar-refractivity contribution in [3.05, 3.63) is 90.3 Å². The van der Waals surface area contributed by atoms with Gasteiger partial charge in [0.15, 0.2) is 0 Å². The van der Waals surface area contributed by atoms with Crippen LogP contribution in [0.3, 0.4) is 0 Å². The van der Waals surface area contributed by atoms with E-state index in [0.29, 0.717) is 6.54 Å². The van der Waals surface area contributed by atoms with Crippen LogP contribution in [-0.4, -0.2) is 26.5 Å². The van der Waals surface area contributed by atoms with E-state index in [0.717, 1.165) is 70.7 Å². The van der Waals surface area contributed by atoms with Crippen LogP contribution in [0.1, 0.15) is 43.2 Å². The summed E-state index contributed by atoms with van der Waals surface area (Å²) >= 11 is 0. The zero-order valence-corrected chi connectivity index (χ0v) is 21.0. The van der Waals surface area contributed by atoms with E-state index in [1.807, 2.05) is 53.2 Å². The molecule has 1 heterocycles. The number of carbonyl (C=O) groups is 2. The summed E-state index contributed by atoms with van der Waals surface area (Å²) in [5.41, 5.74) is 6.87. The Morgan fingerprint density at radius 3 is 2.51 bits per heavy atom. The van der Waals surface area contributed by atoms with Gasteiger partial charge in [0.1, 0.15) is 0 Å². The Bertz CT molecular complexity index is 1450. The number of amides is 1. The van der Waals surface area contributed by atoms with Gasteiger partial charge in [-0.2, -0.15) is 0 Å². The van der Waals surface area contributed by atoms with Crippen molar-refractivity contribution in [2.45, 2.75) is 38.6 Å². The number of aromatic nitrogens is 2. The second-order valence-corrected chi connectivity index (χ2v) is 9.78. The number of imidazole rings is 1. The summed E-state index contributed by atoms with van der Waals surface area (Å²) in [6.07, 6.45) is 9.69. The molecule has 1 aliphatic rings. The zero-order valence-electron chi connectivity index (χ0n) is 21.0. The molecule has 6 heteroatoms. The number of carboxylic acids is 1. The highest BCUT2D eigenvalue weighted by Crippen LogP contribution is 2.30. The van der Waals surface area contributed by atoms with Crippen molar-refractivity contribution in [3.8, 4) is 11.1 Å². The molecule has 1 fully saturated rings. The van der Waals surface area contributed by atoms with Crippen LogP contribution in [0.25, 0.3) is 28.2 Å². The molecule has 0 spiro atoms. The number of hydrogen-bond donors (Lipinski definition) is 1. The maximum absolute atomic E-state index is 13.7. The van der Waals surface area contributed by atoms with Crippen LogP contribution in [0.2, 0.25) is 0 Å². The van der Waals surface area contributed by atoms with Crippen molar-refractivity contribution in [1.29, 1.82) is 0 Å². The van der Waals surface area contributed by atoms with E-state index in [1.54, 1.807) is 6.08 Å². The Balaban J connectivity index is 1.42. The lowest BCUT2D eigenvalue weighted by Crippen LogP contribution is -2.36. The highest BCUT2D eigenvalue weighted by atomic mass is 16.4. The number of nitrogens with zero attached hydrogens (tertiary/aromatic N) is 3. The minimum absolute atomic E-state index is 0.0249. The standard InChI is InChI=1S/C31H31N3O3/c1-33-21-32-28-16-15-26(19-29(28)33)24-13-10-23(11-14-24)20-34(31(37)25-7-3-2-4-8-25)27-9-5-6-22(18-27)12-17-30(35)36/h5-6,9-19,21,25H,2-4,7-8,20H2,1H3,(H,35,36)/b17-12+. The van der Waals surface area contributed by atoms with Gasteiger partial charge in [-0.15, -0.1) is 0 Å². The molecule has 0 unspecified atom stereocenters. The molecule has 3 aromatic carbocycles. The average Bonchev–Trinajstić information content (AvgIpc) is 3.31. The van der Waals surface area contributed by atoms with Gasteiger partial charge in [0.25, 0.3) is 0 Å². The molecule has 1 aliphatic carbocycles. The summed E-state index contributed by atoms with van der Waals surface area (Å²) in [5.74, 6) is -0.829. The number of aliphatic carboxylic acids is 1. The third kappa shape index (κ3) is 5.64. The number of hydrogen-bond acceptors (Lipinski definition) is 3. The third-order valence-corrected chi connectivity index (χ3v) is 7.17. The van der Waals surface area contributed by atoms with Crippen molar-refractivity contribution < 1.29 is 14.7 Å². The van der Waals surface area contributed by atoms with Crippen LogP contribution in [0.4, 0.5) is 5.69 Å².